The lowest BCUT2D eigenvalue weighted by Gasteiger charge is -2.29. The van der Waals surface area contributed by atoms with Crippen LogP contribution >= 0.6 is 11.6 Å². The topological polar surface area (TPSA) is 58.0 Å². The second-order valence-corrected chi connectivity index (χ2v) is 4.60. The summed E-state index contributed by atoms with van der Waals surface area (Å²) in [5.41, 5.74) is 0.343. The lowest BCUT2D eigenvalue weighted by molar-refractivity contribution is 0.223. The van der Waals surface area contributed by atoms with Gasteiger partial charge in [-0.25, -0.2) is 4.98 Å². The third kappa shape index (κ3) is 2.78. The van der Waals surface area contributed by atoms with Crippen LogP contribution in [0.15, 0.2) is 42.7 Å². The van der Waals surface area contributed by atoms with Gasteiger partial charge in [-0.3, -0.25) is 4.98 Å². The molecule has 0 aliphatic heterocycles. The van der Waals surface area contributed by atoms with E-state index in [1.54, 1.807) is 6.20 Å². The fraction of sp³-hybridized carbons (Fsp3) is 0.231. The first kappa shape index (κ1) is 12.8. The lowest BCUT2D eigenvalue weighted by atomic mass is 9.93. The van der Waals surface area contributed by atoms with Crippen LogP contribution in [0.3, 0.4) is 0 Å². The summed E-state index contributed by atoms with van der Waals surface area (Å²) in [5.74, 6) is 0.530. The van der Waals surface area contributed by atoms with Crippen LogP contribution < -0.4 is 5.32 Å². The standard InChI is InChI=1S/C13H14ClN3O/c1-13(9-18,10-5-3-2-4-6-10)17-12-8-15-7-11(14)16-12/h2-8,18H,9H2,1H3,(H,16,17). The summed E-state index contributed by atoms with van der Waals surface area (Å²) in [6, 6.07) is 9.67. The Balaban J connectivity index is 2.29. The van der Waals surface area contributed by atoms with E-state index in [9.17, 15) is 5.11 Å². The van der Waals surface area contributed by atoms with Gasteiger partial charge in [0.1, 0.15) is 11.0 Å². The Bertz CT molecular complexity index is 521. The molecule has 1 unspecified atom stereocenters. The Kier molecular flexibility index (Phi) is 3.79. The Morgan fingerprint density at radius 2 is 2.00 bits per heavy atom. The normalized spacial score (nSPS) is 13.9. The van der Waals surface area contributed by atoms with E-state index in [2.05, 4.69) is 15.3 Å². The van der Waals surface area contributed by atoms with Gasteiger partial charge in [0.2, 0.25) is 0 Å². The van der Waals surface area contributed by atoms with Crippen LogP contribution in [0.1, 0.15) is 12.5 Å². The van der Waals surface area contributed by atoms with Crippen molar-refractivity contribution in [3.05, 3.63) is 53.4 Å². The van der Waals surface area contributed by atoms with E-state index in [-0.39, 0.29) is 6.61 Å². The van der Waals surface area contributed by atoms with E-state index in [1.165, 1.54) is 6.20 Å². The number of nitrogens with zero attached hydrogens (tertiary/aromatic N) is 2. The van der Waals surface area contributed by atoms with Gasteiger partial charge in [0.15, 0.2) is 0 Å². The maximum Gasteiger partial charge on any atom is 0.149 e. The molecule has 2 rings (SSSR count). The minimum absolute atomic E-state index is 0.0643. The van der Waals surface area contributed by atoms with Crippen molar-refractivity contribution in [3.8, 4) is 0 Å². The van der Waals surface area contributed by atoms with Crippen molar-refractivity contribution >= 4 is 17.4 Å². The van der Waals surface area contributed by atoms with Gasteiger partial charge in [-0.2, -0.15) is 0 Å². The largest absolute Gasteiger partial charge is 0.394 e. The summed E-state index contributed by atoms with van der Waals surface area (Å²) in [6.45, 7) is 1.83. The molecule has 94 valence electrons. The van der Waals surface area contributed by atoms with Crippen molar-refractivity contribution in [1.29, 1.82) is 0 Å². The quantitative estimate of drug-likeness (QED) is 0.890. The third-order valence-electron chi connectivity index (χ3n) is 2.74. The Labute approximate surface area is 111 Å². The van der Waals surface area contributed by atoms with E-state index in [0.717, 1.165) is 5.56 Å². The number of benzene rings is 1. The lowest BCUT2D eigenvalue weighted by Crippen LogP contribution is -2.36. The first-order chi connectivity index (χ1) is 8.64. The summed E-state index contributed by atoms with van der Waals surface area (Å²) in [4.78, 5) is 8.07. The maximum atomic E-state index is 9.63. The third-order valence-corrected chi connectivity index (χ3v) is 2.92. The van der Waals surface area contributed by atoms with Crippen molar-refractivity contribution in [1.82, 2.24) is 9.97 Å². The number of aliphatic hydroxyl groups excluding tert-OH is 1. The van der Waals surface area contributed by atoms with E-state index in [4.69, 9.17) is 11.6 Å². The Hall–Kier alpha value is -1.65. The van der Waals surface area contributed by atoms with Gasteiger partial charge >= 0.3 is 0 Å². The zero-order valence-electron chi connectivity index (χ0n) is 9.97. The van der Waals surface area contributed by atoms with Gasteiger partial charge in [-0.15, -0.1) is 0 Å². The van der Waals surface area contributed by atoms with E-state index in [1.807, 2.05) is 37.3 Å². The van der Waals surface area contributed by atoms with Gasteiger partial charge in [-0.05, 0) is 12.5 Å². The number of halogens is 1. The molecule has 0 fully saturated rings. The molecule has 5 heteroatoms. The minimum Gasteiger partial charge on any atom is -0.394 e. The molecule has 18 heavy (non-hydrogen) atoms. The Morgan fingerprint density at radius 1 is 1.28 bits per heavy atom. The highest BCUT2D eigenvalue weighted by atomic mass is 35.5. The number of rotatable bonds is 4. The number of hydrogen-bond acceptors (Lipinski definition) is 4. The van der Waals surface area contributed by atoms with Crippen LogP contribution in [-0.2, 0) is 5.54 Å². The molecule has 0 aliphatic carbocycles. The highest BCUT2D eigenvalue weighted by Gasteiger charge is 2.25. The summed E-state index contributed by atoms with van der Waals surface area (Å²) < 4.78 is 0. The maximum absolute atomic E-state index is 9.63. The van der Waals surface area contributed by atoms with Crippen molar-refractivity contribution < 1.29 is 5.11 Å². The van der Waals surface area contributed by atoms with Crippen LogP contribution in [0, 0.1) is 0 Å². The predicted molar refractivity (Wildman–Crippen MR) is 71.5 cm³/mol. The van der Waals surface area contributed by atoms with Crippen molar-refractivity contribution in [2.45, 2.75) is 12.5 Å². The average Bonchev–Trinajstić information content (AvgIpc) is 2.39. The van der Waals surface area contributed by atoms with Crippen LogP contribution in [0.4, 0.5) is 5.82 Å². The second-order valence-electron chi connectivity index (χ2n) is 4.21. The molecule has 1 heterocycles. The van der Waals surface area contributed by atoms with Crippen LogP contribution in [0.25, 0.3) is 0 Å². The molecule has 2 aromatic rings. The van der Waals surface area contributed by atoms with E-state index < -0.39 is 5.54 Å². The molecular formula is C13H14ClN3O. The summed E-state index contributed by atoms with van der Waals surface area (Å²) >= 11 is 5.79. The highest BCUT2D eigenvalue weighted by molar-refractivity contribution is 6.29. The summed E-state index contributed by atoms with van der Waals surface area (Å²) in [6.07, 6.45) is 3.04. The number of anilines is 1. The van der Waals surface area contributed by atoms with Gasteiger partial charge in [0.25, 0.3) is 0 Å². The van der Waals surface area contributed by atoms with Crippen LogP contribution in [0.2, 0.25) is 5.15 Å². The Morgan fingerprint density at radius 3 is 2.61 bits per heavy atom. The molecule has 1 atom stereocenters. The molecule has 2 N–H and O–H groups in total. The molecule has 1 aromatic carbocycles. The highest BCUT2D eigenvalue weighted by Crippen LogP contribution is 2.24. The fourth-order valence-electron chi connectivity index (χ4n) is 1.69. The molecule has 0 amide bonds. The number of aromatic nitrogens is 2. The first-order valence-electron chi connectivity index (χ1n) is 5.56. The van der Waals surface area contributed by atoms with Gasteiger partial charge in [0, 0.05) is 0 Å². The molecule has 0 saturated heterocycles. The molecule has 0 spiro atoms. The van der Waals surface area contributed by atoms with Gasteiger partial charge < -0.3 is 10.4 Å². The second kappa shape index (κ2) is 5.33. The predicted octanol–water partition coefficient (Wildman–Crippen LogP) is 2.45. The molecule has 0 radical (unpaired) electrons. The molecule has 0 aliphatic rings. The number of aliphatic hydroxyl groups is 1. The van der Waals surface area contributed by atoms with Crippen LogP contribution in [-0.4, -0.2) is 21.7 Å². The average molecular weight is 264 g/mol. The zero-order valence-corrected chi connectivity index (χ0v) is 10.7. The number of hydrogen-bond donors (Lipinski definition) is 2. The minimum atomic E-state index is -0.624. The molecule has 1 aromatic heterocycles. The van der Waals surface area contributed by atoms with E-state index >= 15 is 0 Å². The molecular weight excluding hydrogens is 250 g/mol. The van der Waals surface area contributed by atoms with Gasteiger partial charge in [-0.1, -0.05) is 41.9 Å². The van der Waals surface area contributed by atoms with Crippen molar-refractivity contribution in [3.63, 3.8) is 0 Å². The summed E-state index contributed by atoms with van der Waals surface area (Å²) in [5, 5.41) is 13.1. The number of nitrogens with one attached hydrogen (secondary N) is 1. The van der Waals surface area contributed by atoms with Crippen LogP contribution in [0.5, 0.6) is 0 Å². The SMILES string of the molecule is CC(CO)(Nc1cncc(Cl)n1)c1ccccc1. The van der Waals surface area contributed by atoms with Gasteiger partial charge in [0.05, 0.1) is 24.5 Å². The molecule has 0 saturated carbocycles. The fourth-order valence-corrected chi connectivity index (χ4v) is 1.84. The van der Waals surface area contributed by atoms with Crippen molar-refractivity contribution in [2.24, 2.45) is 0 Å². The smallest absolute Gasteiger partial charge is 0.149 e. The van der Waals surface area contributed by atoms with Crippen molar-refractivity contribution in [2.75, 3.05) is 11.9 Å². The molecule has 4 nitrogen and oxygen atoms in total. The zero-order chi connectivity index (χ0) is 13.0. The first-order valence-corrected chi connectivity index (χ1v) is 5.94. The molecule has 0 bridgehead atoms. The van der Waals surface area contributed by atoms with E-state index in [0.29, 0.717) is 11.0 Å². The monoisotopic (exact) mass is 263 g/mol. The summed E-state index contributed by atoms with van der Waals surface area (Å²) in [7, 11) is 0.